The van der Waals surface area contributed by atoms with Crippen LogP contribution in [0, 0.1) is 6.92 Å². The molecule has 0 heteroatoms. The first-order valence-corrected chi connectivity index (χ1v) is 10.6. The number of fused-ring (bicyclic) bond motifs is 6. The summed E-state index contributed by atoms with van der Waals surface area (Å²) < 4.78 is 0. The third kappa shape index (κ3) is 2.76. The Balaban J connectivity index is 1.55. The molecule has 0 aliphatic heterocycles. The Morgan fingerprint density at radius 3 is 1.97 bits per heavy atom. The second-order valence-electron chi connectivity index (χ2n) is 8.32. The van der Waals surface area contributed by atoms with E-state index in [1.807, 2.05) is 0 Å². The maximum atomic E-state index is 2.38. The molecule has 6 aromatic rings. The van der Waals surface area contributed by atoms with Crippen LogP contribution in [0.2, 0.25) is 0 Å². The zero-order chi connectivity index (χ0) is 20.1. The molecule has 0 fully saturated rings. The van der Waals surface area contributed by atoms with Gasteiger partial charge in [0, 0.05) is 0 Å². The van der Waals surface area contributed by atoms with Crippen molar-refractivity contribution in [2.75, 3.05) is 0 Å². The molecule has 0 aromatic heterocycles. The third-order valence-electron chi connectivity index (χ3n) is 6.31. The van der Waals surface area contributed by atoms with Crippen LogP contribution in [-0.4, -0.2) is 0 Å². The zero-order valence-corrected chi connectivity index (χ0v) is 17.0. The van der Waals surface area contributed by atoms with Gasteiger partial charge in [0.25, 0.3) is 0 Å². The van der Waals surface area contributed by atoms with Crippen molar-refractivity contribution in [3.8, 4) is 0 Å². The van der Waals surface area contributed by atoms with Gasteiger partial charge in [0.1, 0.15) is 0 Å². The van der Waals surface area contributed by atoms with E-state index < -0.39 is 0 Å². The zero-order valence-electron chi connectivity index (χ0n) is 17.0. The van der Waals surface area contributed by atoms with Crippen molar-refractivity contribution in [2.24, 2.45) is 0 Å². The fraction of sp³-hybridized carbons (Fsp3) is 0.0667. The van der Waals surface area contributed by atoms with E-state index in [-0.39, 0.29) is 0 Å². The lowest BCUT2D eigenvalue weighted by Gasteiger charge is -2.12. The molecule has 0 amide bonds. The van der Waals surface area contributed by atoms with Crippen LogP contribution in [0.25, 0.3) is 43.1 Å². The Morgan fingerprint density at radius 1 is 0.467 bits per heavy atom. The maximum absolute atomic E-state index is 2.38. The predicted octanol–water partition coefficient (Wildman–Crippen LogP) is 8.20. The van der Waals surface area contributed by atoms with Gasteiger partial charge in [-0.15, -0.1) is 0 Å². The lowest BCUT2D eigenvalue weighted by Crippen LogP contribution is -1.92. The van der Waals surface area contributed by atoms with Crippen LogP contribution in [-0.2, 0) is 6.42 Å². The van der Waals surface area contributed by atoms with Crippen LogP contribution in [0.1, 0.15) is 16.7 Å². The molecule has 0 aliphatic rings. The smallest absolute Gasteiger partial charge is 0.00192 e. The number of hydrogen-bond donors (Lipinski definition) is 0. The summed E-state index contributed by atoms with van der Waals surface area (Å²) in [5.41, 5.74) is 4.05. The topological polar surface area (TPSA) is 0 Å². The summed E-state index contributed by atoms with van der Waals surface area (Å²) in [6.45, 7) is 2.17. The van der Waals surface area contributed by atoms with Gasteiger partial charge in [-0.2, -0.15) is 0 Å². The van der Waals surface area contributed by atoms with Gasteiger partial charge in [0.05, 0.1) is 0 Å². The number of benzene rings is 6. The largest absolute Gasteiger partial charge is 0.0616 e. The van der Waals surface area contributed by atoms with Crippen LogP contribution in [0.3, 0.4) is 0 Å². The molecule has 6 aromatic carbocycles. The minimum absolute atomic E-state index is 0.934. The van der Waals surface area contributed by atoms with E-state index in [4.69, 9.17) is 0 Å². The highest BCUT2D eigenvalue weighted by Crippen LogP contribution is 2.32. The summed E-state index contributed by atoms with van der Waals surface area (Å²) in [5, 5.41) is 10.6. The molecule has 0 aliphatic carbocycles. The number of rotatable bonds is 2. The molecule has 30 heavy (non-hydrogen) atoms. The van der Waals surface area contributed by atoms with Crippen molar-refractivity contribution in [1.82, 2.24) is 0 Å². The molecule has 0 N–H and O–H groups in total. The molecule has 0 atom stereocenters. The Bertz CT molecular complexity index is 1570. The lowest BCUT2D eigenvalue weighted by atomic mass is 9.92. The van der Waals surface area contributed by atoms with Crippen LogP contribution < -0.4 is 0 Å². The highest BCUT2D eigenvalue weighted by molar-refractivity contribution is 6.10. The standard InChI is InChI=1S/C30H22/c1-20-10-12-24-19-25(27-8-4-5-9-28(27)29(24)16-20)17-21-11-13-23-15-14-22-6-2-3-7-26(22)30(23)18-21/h2-16,18-19H,17H2,1H3. The van der Waals surface area contributed by atoms with E-state index in [0.717, 1.165) is 6.42 Å². The molecule has 0 radical (unpaired) electrons. The third-order valence-corrected chi connectivity index (χ3v) is 6.31. The van der Waals surface area contributed by atoms with E-state index in [0.29, 0.717) is 0 Å². The Kier molecular flexibility index (Phi) is 3.86. The molecule has 142 valence electrons. The Morgan fingerprint density at radius 2 is 1.10 bits per heavy atom. The molecule has 0 spiro atoms. The van der Waals surface area contributed by atoms with Crippen molar-refractivity contribution in [2.45, 2.75) is 13.3 Å². The number of aryl methyl sites for hydroxylation is 1. The summed E-state index contributed by atoms with van der Waals surface area (Å²) >= 11 is 0. The molecule has 6 rings (SSSR count). The molecule has 0 nitrogen and oxygen atoms in total. The van der Waals surface area contributed by atoms with Crippen molar-refractivity contribution in [3.63, 3.8) is 0 Å². The summed E-state index contributed by atoms with van der Waals surface area (Å²) in [4.78, 5) is 0. The minimum Gasteiger partial charge on any atom is -0.0616 e. The highest BCUT2D eigenvalue weighted by atomic mass is 14.1. The van der Waals surface area contributed by atoms with Gasteiger partial charge in [0.2, 0.25) is 0 Å². The monoisotopic (exact) mass is 382 g/mol. The summed E-state index contributed by atoms with van der Waals surface area (Å²) in [7, 11) is 0. The van der Waals surface area contributed by atoms with Gasteiger partial charge in [-0.05, 0) is 67.6 Å². The van der Waals surface area contributed by atoms with Crippen LogP contribution >= 0.6 is 0 Å². The van der Waals surface area contributed by atoms with Crippen molar-refractivity contribution >= 4 is 43.1 Å². The van der Waals surface area contributed by atoms with Crippen molar-refractivity contribution < 1.29 is 0 Å². The first-order chi connectivity index (χ1) is 14.8. The summed E-state index contributed by atoms with van der Waals surface area (Å²) in [5.74, 6) is 0. The molecule has 0 bridgehead atoms. The fourth-order valence-corrected chi connectivity index (χ4v) is 4.82. The maximum Gasteiger partial charge on any atom is -0.00192 e. The first kappa shape index (κ1) is 17.2. The van der Waals surface area contributed by atoms with E-state index >= 15 is 0 Å². The van der Waals surface area contributed by atoms with E-state index in [1.54, 1.807) is 0 Å². The molecule has 0 heterocycles. The van der Waals surface area contributed by atoms with Gasteiger partial charge < -0.3 is 0 Å². The molecule has 0 saturated carbocycles. The summed E-state index contributed by atoms with van der Waals surface area (Å²) in [6.07, 6.45) is 0.934. The van der Waals surface area contributed by atoms with Crippen LogP contribution in [0.5, 0.6) is 0 Å². The number of hydrogen-bond acceptors (Lipinski definition) is 0. The highest BCUT2D eigenvalue weighted by Gasteiger charge is 2.09. The molecule has 0 saturated heterocycles. The summed E-state index contributed by atoms with van der Waals surface area (Å²) in [6, 6.07) is 38.0. The van der Waals surface area contributed by atoms with E-state index in [9.17, 15) is 0 Å². The van der Waals surface area contributed by atoms with Gasteiger partial charge in [-0.25, -0.2) is 0 Å². The van der Waals surface area contributed by atoms with Gasteiger partial charge >= 0.3 is 0 Å². The average molecular weight is 383 g/mol. The van der Waals surface area contributed by atoms with E-state index in [2.05, 4.69) is 110 Å². The molecular formula is C30H22. The second kappa shape index (κ2) is 6.71. The second-order valence-corrected chi connectivity index (χ2v) is 8.32. The van der Waals surface area contributed by atoms with Crippen molar-refractivity contribution in [3.05, 3.63) is 120 Å². The Labute approximate surface area is 176 Å². The fourth-order valence-electron chi connectivity index (χ4n) is 4.82. The van der Waals surface area contributed by atoms with Crippen LogP contribution in [0.15, 0.2) is 103 Å². The normalized spacial score (nSPS) is 11.6. The van der Waals surface area contributed by atoms with E-state index in [1.165, 1.54) is 59.8 Å². The lowest BCUT2D eigenvalue weighted by molar-refractivity contribution is 1.23. The first-order valence-electron chi connectivity index (χ1n) is 10.6. The van der Waals surface area contributed by atoms with Crippen molar-refractivity contribution in [1.29, 1.82) is 0 Å². The predicted molar refractivity (Wildman–Crippen MR) is 130 cm³/mol. The van der Waals surface area contributed by atoms with Gasteiger partial charge in [-0.3, -0.25) is 0 Å². The quantitative estimate of drug-likeness (QED) is 0.265. The molecule has 0 unspecified atom stereocenters. The average Bonchev–Trinajstić information content (AvgIpc) is 2.79. The van der Waals surface area contributed by atoms with Gasteiger partial charge in [-0.1, -0.05) is 109 Å². The van der Waals surface area contributed by atoms with Crippen LogP contribution in [0.4, 0.5) is 0 Å². The van der Waals surface area contributed by atoms with Gasteiger partial charge in [0.15, 0.2) is 0 Å². The SMILES string of the molecule is Cc1ccc2cc(Cc3ccc4ccc5ccccc5c4c3)c3ccccc3c2c1. The Hall–Kier alpha value is -3.64. The minimum atomic E-state index is 0.934. The molecular weight excluding hydrogens is 360 g/mol.